The van der Waals surface area contributed by atoms with Crippen LogP contribution in [0.2, 0.25) is 0 Å². The monoisotopic (exact) mass is 360 g/mol. The lowest BCUT2D eigenvalue weighted by Crippen LogP contribution is -2.22. The minimum Gasteiger partial charge on any atom is -0.510 e. The van der Waals surface area contributed by atoms with E-state index < -0.39 is 11.8 Å². The minimum atomic E-state index is -0.701. The summed E-state index contributed by atoms with van der Waals surface area (Å²) in [7, 11) is 0. The van der Waals surface area contributed by atoms with Crippen molar-refractivity contribution in [1.29, 1.82) is 5.26 Å². The van der Waals surface area contributed by atoms with Gasteiger partial charge in [-0.25, -0.2) is 4.99 Å². The Hall–Kier alpha value is -3.30. The number of benzene rings is 2. The van der Waals surface area contributed by atoms with Crippen molar-refractivity contribution in [3.63, 3.8) is 0 Å². The fraction of sp³-hybridized carbons (Fsp3) is 0.0500. The number of thioether (sulfide) groups is 1. The molecular weight excluding hydrogens is 348 g/mol. The van der Waals surface area contributed by atoms with E-state index in [0.29, 0.717) is 5.04 Å². The molecule has 1 atom stereocenters. The molecule has 0 fully saturated rings. The summed E-state index contributed by atoms with van der Waals surface area (Å²) in [5, 5.41) is 31.8. The molecule has 2 N–H and O–H groups in total. The summed E-state index contributed by atoms with van der Waals surface area (Å²) < 4.78 is 0. The van der Waals surface area contributed by atoms with Crippen LogP contribution in [0, 0.1) is 17.2 Å². The number of fused-ring (bicyclic) bond motifs is 1. The molecule has 0 spiro atoms. The van der Waals surface area contributed by atoms with Gasteiger partial charge in [0.05, 0.1) is 11.0 Å². The quantitative estimate of drug-likeness (QED) is 0.843. The first-order chi connectivity index (χ1) is 12.6. The van der Waals surface area contributed by atoms with Crippen molar-refractivity contribution in [1.82, 2.24) is 0 Å². The second kappa shape index (κ2) is 6.21. The van der Waals surface area contributed by atoms with Gasteiger partial charge in [0.1, 0.15) is 17.6 Å². The summed E-state index contributed by atoms with van der Waals surface area (Å²) in [6.07, 6.45) is 0. The molecule has 1 unspecified atom stereocenters. The first kappa shape index (κ1) is 16.2. The predicted octanol–water partition coefficient (Wildman–Crippen LogP) is 4.04. The molecule has 5 nitrogen and oxygen atoms in total. The smallest absolute Gasteiger partial charge is 0.291 e. The molecule has 0 radical (unpaired) electrons. The summed E-state index contributed by atoms with van der Waals surface area (Å²) in [5.41, 5.74) is 2.93. The fourth-order valence-electron chi connectivity index (χ4n) is 3.06. The van der Waals surface area contributed by atoms with E-state index in [-0.39, 0.29) is 17.1 Å². The van der Waals surface area contributed by atoms with Gasteiger partial charge < -0.3 is 10.2 Å². The number of aromatic hydroxyl groups is 1. The molecule has 2 aromatic rings. The Morgan fingerprint density at radius 1 is 1.04 bits per heavy atom. The van der Waals surface area contributed by atoms with Crippen LogP contribution in [0.25, 0.3) is 16.7 Å². The van der Waals surface area contributed by atoms with Crippen LogP contribution >= 0.6 is 11.8 Å². The van der Waals surface area contributed by atoms with E-state index in [4.69, 9.17) is 5.26 Å². The maximum Gasteiger partial charge on any atom is 0.291 e. The number of phenolic OH excluding ortho intramolecular Hbond substituents is 1. The molecule has 0 aromatic heterocycles. The number of nitrogens with zero attached hydrogens (tertiary/aromatic N) is 2. The molecule has 0 aliphatic carbocycles. The van der Waals surface area contributed by atoms with Gasteiger partial charge in [-0.1, -0.05) is 54.2 Å². The molecule has 2 heterocycles. The Kier molecular flexibility index (Phi) is 3.86. The number of nitriles is 1. The van der Waals surface area contributed by atoms with Crippen LogP contribution in [0.1, 0.15) is 5.56 Å². The average molecular weight is 360 g/mol. The number of carbonyl (C=O) groups is 1. The van der Waals surface area contributed by atoms with Crippen LogP contribution in [0.5, 0.6) is 5.75 Å². The van der Waals surface area contributed by atoms with Crippen LogP contribution in [0.3, 0.4) is 0 Å². The van der Waals surface area contributed by atoms with Gasteiger partial charge in [-0.15, -0.1) is 0 Å². The normalized spacial score (nSPS) is 18.9. The highest BCUT2D eigenvalue weighted by atomic mass is 32.2. The number of aliphatic hydroxyl groups is 1. The van der Waals surface area contributed by atoms with Crippen molar-refractivity contribution < 1.29 is 15.0 Å². The zero-order chi connectivity index (χ0) is 18.3. The number of aliphatic imine (C=N–C) groups is 1. The van der Waals surface area contributed by atoms with Crippen LogP contribution in [0.15, 0.2) is 70.3 Å². The summed E-state index contributed by atoms with van der Waals surface area (Å²) in [6.45, 7) is 0. The molecule has 1 amide bonds. The molecule has 2 aromatic carbocycles. The number of dihydropyridines is 1. The molecule has 126 valence electrons. The number of amides is 1. The molecule has 0 saturated heterocycles. The van der Waals surface area contributed by atoms with Gasteiger partial charge in [-0.3, -0.25) is 4.79 Å². The van der Waals surface area contributed by atoms with Gasteiger partial charge in [0.15, 0.2) is 5.57 Å². The lowest BCUT2D eigenvalue weighted by atomic mass is 9.89. The lowest BCUT2D eigenvalue weighted by molar-refractivity contribution is -0.114. The Morgan fingerprint density at radius 3 is 2.42 bits per heavy atom. The predicted molar refractivity (Wildman–Crippen MR) is 100 cm³/mol. The minimum absolute atomic E-state index is 0.204. The Morgan fingerprint density at radius 2 is 1.73 bits per heavy atom. The number of rotatable bonds is 2. The first-order valence-electron chi connectivity index (χ1n) is 7.82. The van der Waals surface area contributed by atoms with E-state index in [0.717, 1.165) is 22.3 Å². The third-order valence-corrected chi connectivity index (χ3v) is 5.31. The van der Waals surface area contributed by atoms with Gasteiger partial charge in [0, 0.05) is 5.56 Å². The van der Waals surface area contributed by atoms with Crippen molar-refractivity contribution in [2.45, 2.75) is 0 Å². The Labute approximate surface area is 153 Å². The second-order valence-electron chi connectivity index (χ2n) is 5.85. The Balaban J connectivity index is 1.70. The summed E-state index contributed by atoms with van der Waals surface area (Å²) in [5.74, 6) is -1.32. The summed E-state index contributed by atoms with van der Waals surface area (Å²) in [6, 6.07) is 16.3. The average Bonchev–Trinajstić information content (AvgIpc) is 3.06. The number of phenols is 1. The number of carbonyl (C=O) groups excluding carboxylic acids is 1. The maximum absolute atomic E-state index is 11.8. The van der Waals surface area contributed by atoms with E-state index >= 15 is 0 Å². The van der Waals surface area contributed by atoms with E-state index in [9.17, 15) is 15.0 Å². The third-order valence-electron chi connectivity index (χ3n) is 4.36. The number of hydrogen-bond donors (Lipinski definition) is 2. The molecular formula is C20H12N2O3S. The van der Waals surface area contributed by atoms with Crippen LogP contribution in [-0.4, -0.2) is 21.2 Å². The number of hydrogen-bond acceptors (Lipinski definition) is 5. The molecule has 0 bridgehead atoms. The highest BCUT2D eigenvalue weighted by molar-refractivity contribution is 8.17. The molecule has 6 heteroatoms. The zero-order valence-corrected chi connectivity index (χ0v) is 14.2. The van der Waals surface area contributed by atoms with Crippen molar-refractivity contribution in [3.8, 4) is 22.9 Å². The number of aliphatic hydroxyl groups excluding tert-OH is 1. The largest absolute Gasteiger partial charge is 0.510 e. The van der Waals surface area contributed by atoms with Crippen molar-refractivity contribution in [2.24, 2.45) is 10.9 Å². The van der Waals surface area contributed by atoms with Gasteiger partial charge in [0.25, 0.3) is 5.91 Å². The highest BCUT2D eigenvalue weighted by Gasteiger charge is 2.38. The lowest BCUT2D eigenvalue weighted by Gasteiger charge is -2.19. The van der Waals surface area contributed by atoms with Crippen molar-refractivity contribution in [2.75, 3.05) is 0 Å². The molecule has 2 aliphatic rings. The van der Waals surface area contributed by atoms with Crippen LogP contribution in [0.4, 0.5) is 0 Å². The first-order valence-corrected chi connectivity index (χ1v) is 8.70. The van der Waals surface area contributed by atoms with Gasteiger partial charge in [0.2, 0.25) is 0 Å². The number of para-hydroxylation sites is 1. The van der Waals surface area contributed by atoms with Crippen molar-refractivity contribution in [3.05, 3.63) is 70.8 Å². The summed E-state index contributed by atoms with van der Waals surface area (Å²) >= 11 is 1.28. The van der Waals surface area contributed by atoms with E-state index in [1.807, 2.05) is 41.8 Å². The van der Waals surface area contributed by atoms with Crippen LogP contribution < -0.4 is 0 Å². The van der Waals surface area contributed by atoms with Gasteiger partial charge >= 0.3 is 0 Å². The Bertz CT molecular complexity index is 1060. The molecule has 26 heavy (non-hydrogen) atoms. The van der Waals surface area contributed by atoms with E-state index in [1.165, 1.54) is 11.8 Å². The standard InChI is InChI=1S/C20H12N2O3S/c21-9-14-18(24)17-15(10-26-20(17)22-19(14)25)12-7-5-11(6-8-12)13-3-1-2-4-16(13)23/h1-8,10,17,23-24H. The SMILES string of the molecule is N#CC1=C(O)C2C(c3ccc(-c4ccccc4O)cc3)=CSC2=NC1=O. The van der Waals surface area contributed by atoms with Gasteiger partial charge in [-0.2, -0.15) is 5.26 Å². The van der Waals surface area contributed by atoms with E-state index in [2.05, 4.69) is 4.99 Å². The molecule has 0 saturated carbocycles. The molecule has 2 aliphatic heterocycles. The van der Waals surface area contributed by atoms with E-state index in [1.54, 1.807) is 18.2 Å². The van der Waals surface area contributed by atoms with Gasteiger partial charge in [-0.05, 0) is 28.2 Å². The number of allylic oxidation sites excluding steroid dienone is 1. The van der Waals surface area contributed by atoms with Crippen LogP contribution in [-0.2, 0) is 4.79 Å². The second-order valence-corrected chi connectivity index (χ2v) is 6.74. The topological polar surface area (TPSA) is 93.7 Å². The highest BCUT2D eigenvalue weighted by Crippen LogP contribution is 2.44. The summed E-state index contributed by atoms with van der Waals surface area (Å²) in [4.78, 5) is 15.7. The molecule has 4 rings (SSSR count). The zero-order valence-electron chi connectivity index (χ0n) is 13.4. The van der Waals surface area contributed by atoms with Crippen molar-refractivity contribution >= 4 is 28.3 Å². The third kappa shape index (κ3) is 2.50. The fourth-order valence-corrected chi connectivity index (χ4v) is 4.09. The maximum atomic E-state index is 11.8.